The first kappa shape index (κ1) is 20.3. The highest BCUT2D eigenvalue weighted by molar-refractivity contribution is 5.91. The molecule has 4 rings (SSSR count). The van der Waals surface area contributed by atoms with Crippen molar-refractivity contribution in [1.82, 2.24) is 20.3 Å². The molecule has 1 N–H and O–H groups in total. The van der Waals surface area contributed by atoms with Gasteiger partial charge in [0, 0.05) is 38.1 Å². The second kappa shape index (κ2) is 8.77. The standard InChI is InChI=1S/C22H26FN5O2/c1-14(2)30-22-26-11-19(23)21(27-22)28-12-17-16(18(17)13-28)7-9-25-20(29)6-5-15-4-3-8-24-10-15/h3-6,8,10-11,14,16-18H,7,9,12-13H2,1-2H3,(H,25,29)/b6-5+/t16-,17-,18+. The van der Waals surface area contributed by atoms with E-state index < -0.39 is 5.82 Å². The lowest BCUT2D eigenvalue weighted by Gasteiger charge is -2.21. The van der Waals surface area contributed by atoms with Crippen molar-refractivity contribution in [3.05, 3.63) is 48.2 Å². The Hall–Kier alpha value is -3.03. The van der Waals surface area contributed by atoms with Gasteiger partial charge in [0.1, 0.15) is 0 Å². The summed E-state index contributed by atoms with van der Waals surface area (Å²) in [6, 6.07) is 3.94. The van der Waals surface area contributed by atoms with Crippen LogP contribution in [0.4, 0.5) is 10.2 Å². The number of carbonyl (C=O) groups excluding carboxylic acids is 1. The van der Waals surface area contributed by atoms with Gasteiger partial charge in [0.2, 0.25) is 5.91 Å². The fourth-order valence-electron chi connectivity index (χ4n) is 4.15. The molecule has 0 bridgehead atoms. The number of carbonyl (C=O) groups is 1. The number of amides is 1. The molecule has 1 aliphatic carbocycles. The van der Waals surface area contributed by atoms with E-state index in [1.165, 1.54) is 12.3 Å². The molecule has 158 valence electrons. The van der Waals surface area contributed by atoms with Crippen LogP contribution in [0.5, 0.6) is 6.01 Å². The van der Waals surface area contributed by atoms with Crippen LogP contribution < -0.4 is 15.0 Å². The second-order valence-electron chi connectivity index (χ2n) is 8.09. The fraction of sp³-hybridized carbons (Fsp3) is 0.455. The fourth-order valence-corrected chi connectivity index (χ4v) is 4.15. The Balaban J connectivity index is 1.21. The molecule has 8 heteroatoms. The summed E-state index contributed by atoms with van der Waals surface area (Å²) in [6.07, 6.45) is 8.73. The van der Waals surface area contributed by atoms with E-state index in [1.807, 2.05) is 30.9 Å². The highest BCUT2D eigenvalue weighted by Crippen LogP contribution is 2.54. The van der Waals surface area contributed by atoms with Gasteiger partial charge in [-0.3, -0.25) is 9.78 Å². The van der Waals surface area contributed by atoms with Crippen LogP contribution in [0.25, 0.3) is 6.08 Å². The third kappa shape index (κ3) is 4.75. The number of hydrogen-bond donors (Lipinski definition) is 1. The molecule has 2 aliphatic rings. The van der Waals surface area contributed by atoms with Gasteiger partial charge < -0.3 is 15.0 Å². The molecule has 2 aromatic rings. The zero-order valence-electron chi connectivity index (χ0n) is 17.2. The van der Waals surface area contributed by atoms with Crippen molar-refractivity contribution >= 4 is 17.8 Å². The predicted octanol–water partition coefficient (Wildman–Crippen LogP) is 2.70. The number of hydrogen-bond acceptors (Lipinski definition) is 6. The third-order valence-electron chi connectivity index (χ3n) is 5.60. The topological polar surface area (TPSA) is 80.2 Å². The SMILES string of the molecule is CC(C)Oc1ncc(F)c(N2C[C@@H]3[C@@H](CCNC(=O)/C=C/c4cccnc4)[C@@H]3C2)n1. The van der Waals surface area contributed by atoms with Crippen LogP contribution in [0.3, 0.4) is 0 Å². The van der Waals surface area contributed by atoms with Crippen LogP contribution in [0.2, 0.25) is 0 Å². The minimum atomic E-state index is -0.420. The maximum absolute atomic E-state index is 14.2. The molecule has 30 heavy (non-hydrogen) atoms. The Bertz CT molecular complexity index is 909. The predicted molar refractivity (Wildman–Crippen MR) is 111 cm³/mol. The Labute approximate surface area is 175 Å². The summed E-state index contributed by atoms with van der Waals surface area (Å²) in [5.74, 6) is 1.41. The van der Waals surface area contributed by atoms with Crippen LogP contribution in [-0.4, -0.2) is 46.6 Å². The lowest BCUT2D eigenvalue weighted by Crippen LogP contribution is -2.28. The monoisotopic (exact) mass is 411 g/mol. The molecule has 1 amide bonds. The second-order valence-corrected chi connectivity index (χ2v) is 8.09. The van der Waals surface area contributed by atoms with Gasteiger partial charge in [-0.25, -0.2) is 9.37 Å². The number of rotatable bonds is 8. The Morgan fingerprint density at radius 3 is 2.87 bits per heavy atom. The van der Waals surface area contributed by atoms with Crippen LogP contribution in [0, 0.1) is 23.6 Å². The zero-order valence-corrected chi connectivity index (χ0v) is 17.2. The van der Waals surface area contributed by atoms with Gasteiger partial charge in [0.05, 0.1) is 12.3 Å². The summed E-state index contributed by atoms with van der Waals surface area (Å²) in [6.45, 7) is 5.96. The maximum Gasteiger partial charge on any atom is 0.318 e. The van der Waals surface area contributed by atoms with Crippen LogP contribution >= 0.6 is 0 Å². The van der Waals surface area contributed by atoms with Crippen molar-refractivity contribution in [2.45, 2.75) is 26.4 Å². The average molecular weight is 411 g/mol. The molecule has 1 saturated carbocycles. The molecule has 0 radical (unpaired) electrons. The maximum atomic E-state index is 14.2. The zero-order chi connectivity index (χ0) is 21.1. The van der Waals surface area contributed by atoms with Gasteiger partial charge in [-0.2, -0.15) is 4.98 Å². The van der Waals surface area contributed by atoms with Crippen LogP contribution in [-0.2, 0) is 4.79 Å². The molecule has 3 atom stereocenters. The van der Waals surface area contributed by atoms with Gasteiger partial charge in [0.15, 0.2) is 11.6 Å². The highest BCUT2D eigenvalue weighted by atomic mass is 19.1. The van der Waals surface area contributed by atoms with E-state index in [-0.39, 0.29) is 18.0 Å². The Kier molecular flexibility index (Phi) is 5.92. The summed E-state index contributed by atoms with van der Waals surface area (Å²) in [7, 11) is 0. The quantitative estimate of drug-likeness (QED) is 0.673. The summed E-state index contributed by atoms with van der Waals surface area (Å²) in [4.78, 5) is 26.1. The molecule has 2 aromatic heterocycles. The number of halogens is 1. The molecule has 0 aromatic carbocycles. The summed E-state index contributed by atoms with van der Waals surface area (Å²) < 4.78 is 19.7. The average Bonchev–Trinajstić information content (AvgIpc) is 3.17. The van der Waals surface area contributed by atoms with Gasteiger partial charge >= 0.3 is 6.01 Å². The lowest BCUT2D eigenvalue weighted by molar-refractivity contribution is -0.116. The molecule has 7 nitrogen and oxygen atoms in total. The number of ether oxygens (including phenoxy) is 1. The van der Waals surface area contributed by atoms with Gasteiger partial charge in [0.25, 0.3) is 0 Å². The van der Waals surface area contributed by atoms with E-state index in [1.54, 1.807) is 18.5 Å². The number of nitrogens with one attached hydrogen (secondary N) is 1. The highest BCUT2D eigenvalue weighted by Gasteiger charge is 2.55. The largest absolute Gasteiger partial charge is 0.461 e. The normalized spacial score (nSPS) is 22.4. The number of anilines is 1. The van der Waals surface area contributed by atoms with Gasteiger partial charge in [-0.15, -0.1) is 0 Å². The molecule has 0 spiro atoms. The number of pyridine rings is 1. The summed E-state index contributed by atoms with van der Waals surface area (Å²) >= 11 is 0. The summed E-state index contributed by atoms with van der Waals surface area (Å²) in [5, 5.41) is 2.93. The first-order valence-corrected chi connectivity index (χ1v) is 10.3. The van der Waals surface area contributed by atoms with Crippen molar-refractivity contribution in [3.63, 3.8) is 0 Å². The molecule has 3 heterocycles. The van der Waals surface area contributed by atoms with Gasteiger partial charge in [-0.05, 0) is 55.7 Å². The minimum Gasteiger partial charge on any atom is -0.461 e. The molecule has 1 aliphatic heterocycles. The van der Waals surface area contributed by atoms with Crippen molar-refractivity contribution in [1.29, 1.82) is 0 Å². The summed E-state index contributed by atoms with van der Waals surface area (Å²) in [5.41, 5.74) is 0.892. The van der Waals surface area contributed by atoms with Crippen molar-refractivity contribution in [3.8, 4) is 6.01 Å². The van der Waals surface area contributed by atoms with E-state index in [0.717, 1.165) is 25.1 Å². The molecule has 0 unspecified atom stereocenters. The Morgan fingerprint density at radius 2 is 2.17 bits per heavy atom. The van der Waals surface area contributed by atoms with Gasteiger partial charge in [-0.1, -0.05) is 6.07 Å². The van der Waals surface area contributed by atoms with E-state index in [0.29, 0.717) is 30.1 Å². The van der Waals surface area contributed by atoms with E-state index in [2.05, 4.69) is 20.3 Å². The van der Waals surface area contributed by atoms with Crippen LogP contribution in [0.15, 0.2) is 36.8 Å². The number of aromatic nitrogens is 3. The Morgan fingerprint density at radius 1 is 1.37 bits per heavy atom. The minimum absolute atomic E-state index is 0.0610. The smallest absolute Gasteiger partial charge is 0.318 e. The molecule has 2 fully saturated rings. The third-order valence-corrected chi connectivity index (χ3v) is 5.60. The number of fused-ring (bicyclic) bond motifs is 1. The number of piperidine rings is 1. The molecule has 1 saturated heterocycles. The number of nitrogens with zero attached hydrogens (tertiary/aromatic N) is 4. The first-order chi connectivity index (χ1) is 14.5. The van der Waals surface area contributed by atoms with E-state index in [9.17, 15) is 9.18 Å². The van der Waals surface area contributed by atoms with E-state index >= 15 is 0 Å². The van der Waals surface area contributed by atoms with Crippen molar-refractivity contribution < 1.29 is 13.9 Å². The lowest BCUT2D eigenvalue weighted by atomic mass is 10.2. The molecular formula is C22H26FN5O2. The first-order valence-electron chi connectivity index (χ1n) is 10.3. The van der Waals surface area contributed by atoms with E-state index in [4.69, 9.17) is 4.74 Å². The molecular weight excluding hydrogens is 385 g/mol. The van der Waals surface area contributed by atoms with Crippen molar-refractivity contribution in [2.24, 2.45) is 17.8 Å². The van der Waals surface area contributed by atoms with Crippen molar-refractivity contribution in [2.75, 3.05) is 24.5 Å². The van der Waals surface area contributed by atoms with Crippen LogP contribution in [0.1, 0.15) is 25.8 Å².